The number of carbonyl (C=O) groups is 3. The van der Waals surface area contributed by atoms with E-state index in [1.165, 1.54) is 0 Å². The molecule has 1 N–H and O–H groups in total. The molecule has 6 heteroatoms. The van der Waals surface area contributed by atoms with E-state index in [0.717, 1.165) is 4.90 Å². The maximum atomic E-state index is 12.7. The number of Topliss-reactive ketones (excluding diaryl/α,β-unsaturated/α-hetero) is 1. The number of nitrogens with zero attached hydrogens (tertiary/aromatic N) is 2. The molecule has 1 saturated heterocycles. The van der Waals surface area contributed by atoms with Crippen molar-refractivity contribution >= 4 is 17.7 Å². The number of urea groups is 1. The van der Waals surface area contributed by atoms with Crippen LogP contribution in [0.15, 0.2) is 24.3 Å². The zero-order chi connectivity index (χ0) is 17.4. The molecule has 0 unspecified atom stereocenters. The fourth-order valence-corrected chi connectivity index (χ4v) is 2.30. The number of rotatable bonds is 3. The second-order valence-corrected chi connectivity index (χ2v) is 6.81. The summed E-state index contributed by atoms with van der Waals surface area (Å²) in [6.45, 7) is 6.57. The average molecular weight is 313 g/mol. The highest BCUT2D eigenvalue weighted by Gasteiger charge is 2.49. The Morgan fingerprint density at radius 1 is 1.26 bits per heavy atom. The van der Waals surface area contributed by atoms with Gasteiger partial charge in [-0.1, -0.05) is 32.9 Å². The lowest BCUT2D eigenvalue weighted by Gasteiger charge is -2.23. The largest absolute Gasteiger partial charge is 0.325 e. The monoisotopic (exact) mass is 313 g/mol. The lowest BCUT2D eigenvalue weighted by molar-refractivity contribution is -0.136. The second-order valence-electron chi connectivity index (χ2n) is 6.81. The number of nitrogens with one attached hydrogen (secondary N) is 1. The maximum absolute atomic E-state index is 12.7. The Bertz CT molecular complexity index is 710. The summed E-state index contributed by atoms with van der Waals surface area (Å²) in [5, 5.41) is 11.5. The molecule has 1 fully saturated rings. The molecule has 0 aromatic heterocycles. The van der Waals surface area contributed by atoms with Crippen LogP contribution in [0.4, 0.5) is 4.79 Å². The van der Waals surface area contributed by atoms with Crippen LogP contribution in [0.25, 0.3) is 0 Å². The van der Waals surface area contributed by atoms with Crippen LogP contribution < -0.4 is 5.32 Å². The zero-order valence-electron chi connectivity index (χ0n) is 13.6. The average Bonchev–Trinajstić information content (AvgIpc) is 2.70. The Labute approximate surface area is 135 Å². The summed E-state index contributed by atoms with van der Waals surface area (Å²) < 4.78 is 0. The van der Waals surface area contributed by atoms with Gasteiger partial charge in [0, 0.05) is 5.41 Å². The molecule has 6 nitrogen and oxygen atoms in total. The summed E-state index contributed by atoms with van der Waals surface area (Å²) in [7, 11) is 0. The van der Waals surface area contributed by atoms with Crippen molar-refractivity contribution in [3.05, 3.63) is 35.4 Å². The van der Waals surface area contributed by atoms with Crippen LogP contribution >= 0.6 is 0 Å². The first-order chi connectivity index (χ1) is 10.6. The van der Waals surface area contributed by atoms with E-state index in [9.17, 15) is 14.4 Å². The second kappa shape index (κ2) is 5.51. The van der Waals surface area contributed by atoms with E-state index in [4.69, 9.17) is 5.26 Å². The third-order valence-electron chi connectivity index (χ3n) is 4.00. The Morgan fingerprint density at radius 3 is 2.30 bits per heavy atom. The van der Waals surface area contributed by atoms with Gasteiger partial charge in [0.15, 0.2) is 5.78 Å². The van der Waals surface area contributed by atoms with E-state index >= 15 is 0 Å². The van der Waals surface area contributed by atoms with Crippen molar-refractivity contribution in [1.29, 1.82) is 5.26 Å². The van der Waals surface area contributed by atoms with Crippen LogP contribution in [0.3, 0.4) is 0 Å². The van der Waals surface area contributed by atoms with Gasteiger partial charge in [-0.3, -0.25) is 14.5 Å². The van der Waals surface area contributed by atoms with E-state index in [2.05, 4.69) is 5.32 Å². The fraction of sp³-hybridized carbons (Fsp3) is 0.412. The topological polar surface area (TPSA) is 90.3 Å². The molecule has 1 aromatic carbocycles. The summed E-state index contributed by atoms with van der Waals surface area (Å²) in [5.41, 5.74) is -0.827. The first-order valence-corrected chi connectivity index (χ1v) is 7.27. The summed E-state index contributed by atoms with van der Waals surface area (Å²) in [4.78, 5) is 37.9. The molecule has 0 radical (unpaired) electrons. The SMILES string of the molecule is CC(C)(C)C(=O)CN1C(=O)N[C@](C)(c2ccc(C#N)cc2)C1=O. The Hall–Kier alpha value is -2.68. The van der Waals surface area contributed by atoms with Crippen molar-refractivity contribution in [1.82, 2.24) is 10.2 Å². The van der Waals surface area contributed by atoms with E-state index in [1.807, 2.05) is 6.07 Å². The predicted octanol–water partition coefficient (Wildman–Crippen LogP) is 1.94. The molecule has 1 aromatic rings. The molecule has 0 bridgehead atoms. The molecule has 1 aliphatic rings. The van der Waals surface area contributed by atoms with Crippen LogP contribution in [-0.4, -0.2) is 29.2 Å². The van der Waals surface area contributed by atoms with Gasteiger partial charge in [-0.15, -0.1) is 0 Å². The van der Waals surface area contributed by atoms with Gasteiger partial charge in [0.05, 0.1) is 18.2 Å². The molecule has 0 spiro atoms. The molecule has 3 amide bonds. The van der Waals surface area contributed by atoms with Crippen molar-refractivity contribution in [2.24, 2.45) is 5.41 Å². The number of hydrogen-bond donors (Lipinski definition) is 1. The summed E-state index contributed by atoms with van der Waals surface area (Å²) in [6, 6.07) is 7.85. The molecule has 1 atom stereocenters. The lowest BCUT2D eigenvalue weighted by Crippen LogP contribution is -2.42. The quantitative estimate of drug-likeness (QED) is 0.863. The minimum atomic E-state index is -1.23. The first kappa shape index (κ1) is 16.7. The van der Waals surface area contributed by atoms with Gasteiger partial charge in [-0.2, -0.15) is 5.26 Å². The van der Waals surface area contributed by atoms with E-state index in [1.54, 1.807) is 52.0 Å². The Balaban J connectivity index is 2.29. The van der Waals surface area contributed by atoms with Crippen molar-refractivity contribution < 1.29 is 14.4 Å². The van der Waals surface area contributed by atoms with Gasteiger partial charge < -0.3 is 5.32 Å². The molecule has 0 saturated carbocycles. The van der Waals surface area contributed by atoms with Crippen LogP contribution in [0, 0.1) is 16.7 Å². The highest BCUT2D eigenvalue weighted by Crippen LogP contribution is 2.29. The number of benzene rings is 1. The van der Waals surface area contributed by atoms with Crippen molar-refractivity contribution in [3.63, 3.8) is 0 Å². The zero-order valence-corrected chi connectivity index (χ0v) is 13.6. The third-order valence-corrected chi connectivity index (χ3v) is 4.00. The van der Waals surface area contributed by atoms with Crippen LogP contribution in [0.2, 0.25) is 0 Å². The van der Waals surface area contributed by atoms with Crippen molar-refractivity contribution in [3.8, 4) is 6.07 Å². The summed E-state index contributed by atoms with van der Waals surface area (Å²) >= 11 is 0. The molecule has 0 aliphatic carbocycles. The van der Waals surface area contributed by atoms with Crippen LogP contribution in [0.5, 0.6) is 0 Å². The van der Waals surface area contributed by atoms with Crippen LogP contribution in [0.1, 0.15) is 38.8 Å². The molecular weight excluding hydrogens is 294 g/mol. The molecule has 23 heavy (non-hydrogen) atoms. The van der Waals surface area contributed by atoms with Crippen molar-refractivity contribution in [2.75, 3.05) is 6.54 Å². The minimum absolute atomic E-state index is 0.190. The fourth-order valence-electron chi connectivity index (χ4n) is 2.30. The number of amides is 3. The summed E-state index contributed by atoms with van der Waals surface area (Å²) in [5.74, 6) is -0.658. The van der Waals surface area contributed by atoms with Gasteiger partial charge >= 0.3 is 6.03 Å². The van der Waals surface area contributed by atoms with E-state index < -0.39 is 22.9 Å². The molecule has 120 valence electrons. The smallest absolute Gasteiger partial charge is 0.319 e. The van der Waals surface area contributed by atoms with Gasteiger partial charge in [-0.25, -0.2) is 4.79 Å². The Morgan fingerprint density at radius 2 is 1.83 bits per heavy atom. The normalized spacial score (nSPS) is 21.1. The molecule has 1 aliphatic heterocycles. The summed E-state index contributed by atoms with van der Waals surface area (Å²) in [6.07, 6.45) is 0. The van der Waals surface area contributed by atoms with Gasteiger partial charge in [0.25, 0.3) is 5.91 Å². The molecular formula is C17H19N3O3. The van der Waals surface area contributed by atoms with Gasteiger partial charge in [-0.05, 0) is 24.6 Å². The first-order valence-electron chi connectivity index (χ1n) is 7.27. The lowest BCUT2D eigenvalue weighted by atomic mass is 9.89. The number of nitriles is 1. The number of imide groups is 1. The van der Waals surface area contributed by atoms with Crippen molar-refractivity contribution in [2.45, 2.75) is 33.2 Å². The standard InChI is InChI=1S/C17H19N3O3/c1-16(2,3)13(21)10-20-14(22)17(4,19-15(20)23)12-7-5-11(9-18)6-8-12/h5-8H,10H2,1-4H3,(H,19,23)/t17-/m1/s1. The highest BCUT2D eigenvalue weighted by atomic mass is 16.2. The number of carbonyl (C=O) groups excluding carboxylic acids is 3. The van der Waals surface area contributed by atoms with Gasteiger partial charge in [0.2, 0.25) is 0 Å². The number of ketones is 1. The van der Waals surface area contributed by atoms with E-state index in [0.29, 0.717) is 11.1 Å². The maximum Gasteiger partial charge on any atom is 0.325 e. The molecule has 2 rings (SSSR count). The van der Waals surface area contributed by atoms with Gasteiger partial charge in [0.1, 0.15) is 5.54 Å². The number of hydrogen-bond acceptors (Lipinski definition) is 4. The molecule has 1 heterocycles. The van der Waals surface area contributed by atoms with E-state index in [-0.39, 0.29) is 12.3 Å². The highest BCUT2D eigenvalue weighted by molar-refractivity contribution is 6.09. The Kier molecular flexibility index (Phi) is 3.99. The minimum Gasteiger partial charge on any atom is -0.319 e. The third kappa shape index (κ3) is 2.95. The van der Waals surface area contributed by atoms with Crippen LogP contribution in [-0.2, 0) is 15.1 Å². The predicted molar refractivity (Wildman–Crippen MR) is 83.2 cm³/mol.